The molecule has 692 valence electrons. The highest BCUT2D eigenvalue weighted by atomic mass is 32.2. The number of ketones is 1. The van der Waals surface area contributed by atoms with Crippen molar-refractivity contribution in [3.05, 3.63) is 267 Å². The number of allylic oxidation sites excluding steroid dienone is 5. The number of carbonyl (C=O) groups is 3. The number of sulfone groups is 2. The predicted molar refractivity (Wildman–Crippen MR) is 528 cm³/mol. The number of nitrogens with zero attached hydrogens (tertiary/aromatic N) is 6. The molecular weight excluding hydrogens is 1700 g/mol. The van der Waals surface area contributed by atoms with Crippen LogP contribution < -0.4 is 4.72 Å². The summed E-state index contributed by atoms with van der Waals surface area (Å²) in [5.41, 5.74) is 21.2. The standard InChI is InChI=1S/C17H23NO.2C16H20N2O2.C15H18O3S.C15H20O2S.C13H17NO2S.C12H15NO2S/c1-13(2)15-3-4-17-16(11-15)5-8-18(17)12-14-6-9-19-10-7-14;1-12(2)13-3-4-15-14(11-13)5-6-18(15)16(19)17-7-9-20-10-8-17;1-12(2)14-4-3-13-5-6-18(15(13)11-14)16(19)17-7-9-20-10-8-17;1-10(2)12-5-4-11-6-7-13(14(11)8-12)15(16)9-19(3,17)18;1-11(2)14-7-6-12-4-5-13(15(12)10-14)8-9-18(3,16)17;1-9(2)11-5-4-10-6-7-13(12(10)8-11)17(15,16)14-3;1-9(2)10-4-5-12-11(8-10)6-7-13(12)16(3,14)15/h3-5,8,11,13-14H,6-7,9-10,12H2,1-2H3;2*3-6,11-12H,7-10H2,1-2H3;4-5,7-8,10H,6,9H2,1-3H3;5-7,10-11H,4,8-9H2,1-3H3;4-5,7-9,14H,6H2,1-3H3;4-9H,1-3H3. The molecule has 0 radical (unpaired) electrons. The smallest absolute Gasteiger partial charge is 0.328 e. The zero-order chi connectivity index (χ0) is 93.6. The van der Waals surface area contributed by atoms with Crippen molar-refractivity contribution in [2.75, 3.05) is 103 Å². The van der Waals surface area contributed by atoms with Crippen LogP contribution in [0.15, 0.2) is 195 Å². The van der Waals surface area contributed by atoms with E-state index in [0.29, 0.717) is 124 Å². The van der Waals surface area contributed by atoms with E-state index in [0.717, 1.165) is 93.3 Å². The van der Waals surface area contributed by atoms with Gasteiger partial charge < -0.3 is 28.6 Å². The molecule has 3 aliphatic carbocycles. The average molecular weight is 1830 g/mol. The largest absolute Gasteiger partial charge is 0.381 e. The Morgan fingerprint density at radius 1 is 0.395 bits per heavy atom. The van der Waals surface area contributed by atoms with Crippen molar-refractivity contribution in [2.24, 2.45) is 5.92 Å². The van der Waals surface area contributed by atoms with Gasteiger partial charge in [0, 0.05) is 110 Å². The lowest BCUT2D eigenvalue weighted by Crippen LogP contribution is -2.42. The number of ether oxygens (including phenoxy) is 3. The van der Waals surface area contributed by atoms with Gasteiger partial charge in [-0.05, 0) is 249 Å². The Hall–Kier alpha value is -9.83. The number of morpholine rings is 2. The van der Waals surface area contributed by atoms with Crippen molar-refractivity contribution in [1.82, 2.24) is 32.2 Å². The number of amides is 2. The summed E-state index contributed by atoms with van der Waals surface area (Å²) in [7, 11) is -11.3. The number of fused-ring (bicyclic) bond motifs is 7. The van der Waals surface area contributed by atoms with Crippen LogP contribution in [0.25, 0.3) is 59.7 Å². The van der Waals surface area contributed by atoms with Crippen LogP contribution in [0, 0.1) is 5.92 Å². The Bertz CT molecular complexity index is 6400. The van der Waals surface area contributed by atoms with E-state index < -0.39 is 45.5 Å². The first-order chi connectivity index (χ1) is 61.1. The summed E-state index contributed by atoms with van der Waals surface area (Å²) in [4.78, 5) is 41.3. The molecule has 2 amide bonds. The molecule has 1 N–H and O–H groups in total. The molecule has 7 aromatic carbocycles. The van der Waals surface area contributed by atoms with Crippen molar-refractivity contribution in [2.45, 2.75) is 183 Å². The Morgan fingerprint density at radius 2 is 0.791 bits per heavy atom. The number of sulfonamides is 1. The molecule has 0 unspecified atom stereocenters. The first-order valence-corrected chi connectivity index (χ1v) is 52.8. The molecule has 17 rings (SSSR count). The summed E-state index contributed by atoms with van der Waals surface area (Å²) >= 11 is 0. The predicted octanol–water partition coefficient (Wildman–Crippen LogP) is 20.7. The van der Waals surface area contributed by atoms with Crippen LogP contribution in [0.2, 0.25) is 0 Å². The summed E-state index contributed by atoms with van der Waals surface area (Å²) in [6, 6.07) is 52.4. The fourth-order valence-electron chi connectivity index (χ4n) is 16.5. The third-order valence-corrected chi connectivity index (χ3v) is 28.9. The van der Waals surface area contributed by atoms with E-state index >= 15 is 0 Å². The zero-order valence-electron chi connectivity index (χ0n) is 78.6. The molecule has 3 fully saturated rings. The molecule has 3 aliphatic heterocycles. The Balaban J connectivity index is 0.000000146. The summed E-state index contributed by atoms with van der Waals surface area (Å²) in [6.45, 7) is 38.4. The Labute approximate surface area is 765 Å². The lowest BCUT2D eigenvalue weighted by Gasteiger charge is -2.27. The van der Waals surface area contributed by atoms with Crippen LogP contribution in [0.4, 0.5) is 9.59 Å². The van der Waals surface area contributed by atoms with Crippen LogP contribution >= 0.6 is 0 Å². The van der Waals surface area contributed by atoms with Crippen molar-refractivity contribution >= 4 is 117 Å². The van der Waals surface area contributed by atoms with E-state index in [1.807, 2.05) is 95.0 Å². The van der Waals surface area contributed by atoms with E-state index in [4.69, 9.17) is 14.2 Å². The van der Waals surface area contributed by atoms with Gasteiger partial charge >= 0.3 is 12.1 Å². The number of rotatable bonds is 18. The maximum atomic E-state index is 12.6. The minimum absolute atomic E-state index is 0.0422. The lowest BCUT2D eigenvalue weighted by molar-refractivity contribution is -0.111. The fraction of sp³-hybridized carbons (Fsp3) is 0.433. The first-order valence-electron chi connectivity index (χ1n) is 45.3. The first kappa shape index (κ1) is 99.7. The van der Waals surface area contributed by atoms with Crippen molar-refractivity contribution < 1.29 is 62.3 Å². The molecule has 6 aliphatic rings. The number of aromatic nitrogens is 4. The number of Topliss-reactive ketones (excluding diaryl/α,β-unsaturated/α-hetero) is 1. The van der Waals surface area contributed by atoms with E-state index in [1.165, 1.54) is 103 Å². The molecule has 11 aromatic rings. The third-order valence-electron chi connectivity index (χ3n) is 24.6. The maximum Gasteiger partial charge on any atom is 0.328 e. The van der Waals surface area contributed by atoms with E-state index in [-0.39, 0.29) is 23.6 Å². The van der Waals surface area contributed by atoms with E-state index in [2.05, 4.69) is 203 Å². The average Bonchev–Trinajstić information content (AvgIpc) is 1.59. The van der Waals surface area contributed by atoms with Crippen LogP contribution in [-0.2, 0) is 84.5 Å². The highest BCUT2D eigenvalue weighted by Gasteiger charge is 2.29. The molecule has 7 heterocycles. The van der Waals surface area contributed by atoms with Crippen LogP contribution in [0.3, 0.4) is 0 Å². The number of hydrogen-bond donors (Lipinski definition) is 1. The van der Waals surface area contributed by atoms with Gasteiger partial charge in [-0.3, -0.25) is 13.9 Å². The highest BCUT2D eigenvalue weighted by Crippen LogP contribution is 2.37. The van der Waals surface area contributed by atoms with Gasteiger partial charge in [0.1, 0.15) is 15.6 Å². The van der Waals surface area contributed by atoms with Crippen LogP contribution in [0.5, 0.6) is 0 Å². The molecular formula is C104H133N7O14S4. The van der Waals surface area contributed by atoms with Gasteiger partial charge in [0.05, 0.1) is 59.9 Å². The lowest BCUT2D eigenvalue weighted by atomic mass is 9.95. The fourth-order valence-corrected chi connectivity index (χ4v) is 19.6. The summed E-state index contributed by atoms with van der Waals surface area (Å²) in [5, 5.41) is 4.57. The second-order valence-electron chi connectivity index (χ2n) is 36.7. The number of benzene rings is 7. The van der Waals surface area contributed by atoms with Crippen molar-refractivity contribution in [1.29, 1.82) is 0 Å². The molecule has 0 spiro atoms. The van der Waals surface area contributed by atoms with Crippen LogP contribution in [0.1, 0.15) is 230 Å². The molecule has 0 atom stereocenters. The Morgan fingerprint density at radius 3 is 1.29 bits per heavy atom. The second-order valence-corrected chi connectivity index (χ2v) is 44.9. The Kier molecular flexibility index (Phi) is 34.0. The summed E-state index contributed by atoms with van der Waals surface area (Å²) in [6.07, 6.45) is 22.3. The molecule has 25 heteroatoms. The monoisotopic (exact) mass is 1830 g/mol. The van der Waals surface area contributed by atoms with Crippen LogP contribution in [-0.4, -0.2) is 182 Å². The van der Waals surface area contributed by atoms with E-state index in [1.54, 1.807) is 21.4 Å². The summed E-state index contributed by atoms with van der Waals surface area (Å²) < 4.78 is 117. The van der Waals surface area contributed by atoms with Gasteiger partial charge in [0.25, 0.3) is 0 Å². The van der Waals surface area contributed by atoms with Gasteiger partial charge in [0.15, 0.2) is 15.6 Å². The normalized spacial score (nSPS) is 15.2. The topological polar surface area (TPSA) is 254 Å². The molecule has 0 saturated carbocycles. The summed E-state index contributed by atoms with van der Waals surface area (Å²) in [5.74, 6) is 3.60. The van der Waals surface area contributed by atoms with Crippen molar-refractivity contribution in [3.63, 3.8) is 0 Å². The minimum atomic E-state index is -3.34. The van der Waals surface area contributed by atoms with Crippen molar-refractivity contribution in [3.8, 4) is 0 Å². The molecule has 129 heavy (non-hydrogen) atoms. The van der Waals surface area contributed by atoms with Gasteiger partial charge in [0.2, 0.25) is 20.0 Å². The quantitative estimate of drug-likeness (QED) is 0.0838. The highest BCUT2D eigenvalue weighted by molar-refractivity contribution is 7.98. The van der Waals surface area contributed by atoms with Gasteiger partial charge in [-0.25, -0.2) is 52.0 Å². The maximum absolute atomic E-state index is 12.6. The number of carbonyl (C=O) groups excluding carboxylic acids is 3. The van der Waals surface area contributed by atoms with Gasteiger partial charge in [-0.2, -0.15) is 0 Å². The van der Waals surface area contributed by atoms with E-state index in [9.17, 15) is 48.1 Å². The number of nitrogens with one attached hydrogen (secondary N) is 1. The molecule has 3 saturated heterocycles. The second kappa shape index (κ2) is 43.9. The molecule has 0 bridgehead atoms. The van der Waals surface area contributed by atoms with Gasteiger partial charge in [-0.15, -0.1) is 0 Å². The minimum Gasteiger partial charge on any atom is -0.381 e. The molecule has 21 nitrogen and oxygen atoms in total. The molecule has 4 aromatic heterocycles. The SMILES string of the molecule is CC(C)c1ccc2c(c1)C(C(=O)CS(C)(=O)=O)=CC2.CC(C)c1ccc2c(c1)C(CCS(C)(=O)=O)=CC2.CC(C)c1ccc2c(ccn2C(=O)N2CCOCC2)c1.CC(C)c1ccc2c(ccn2CC2CCOCC2)c1.CC(C)c1ccc2c(ccn2S(C)(=O)=O)c1.CC(C)c1ccc2ccn(C(=O)N3CCOCC3)c2c1.CNS(=O)(=O)C1=CCc2ccc(C(C)C)cc21. The van der Waals surface area contributed by atoms with Gasteiger partial charge in [-0.1, -0.05) is 194 Å². The number of hydrogen-bond acceptors (Lipinski definition) is 14. The third kappa shape index (κ3) is 26.3. The zero-order valence-corrected chi connectivity index (χ0v) is 81.8.